The molecular formula is C21H21N3O3. The monoisotopic (exact) mass is 363 g/mol. The maximum Gasteiger partial charge on any atom is 0.271 e. The molecule has 138 valence electrons. The molecule has 4 rings (SSSR count). The molecule has 0 spiro atoms. The lowest BCUT2D eigenvalue weighted by atomic mass is 9.75. The number of nitrogens with one attached hydrogen (secondary N) is 1. The normalized spacial score (nSPS) is 19.9. The van der Waals surface area contributed by atoms with Crippen LogP contribution in [0.1, 0.15) is 34.9 Å². The highest BCUT2D eigenvalue weighted by atomic mass is 16.5. The van der Waals surface area contributed by atoms with Crippen LogP contribution in [0.2, 0.25) is 0 Å². The van der Waals surface area contributed by atoms with Gasteiger partial charge in [-0.05, 0) is 35.8 Å². The summed E-state index contributed by atoms with van der Waals surface area (Å²) in [5.41, 5.74) is 1.29. The van der Waals surface area contributed by atoms with Crippen molar-refractivity contribution in [1.29, 1.82) is 0 Å². The van der Waals surface area contributed by atoms with E-state index in [1.165, 1.54) is 0 Å². The van der Waals surface area contributed by atoms with Crippen LogP contribution in [0.3, 0.4) is 0 Å². The second-order valence-corrected chi connectivity index (χ2v) is 6.85. The molecule has 6 heteroatoms. The number of carbonyl (C=O) groups excluding carboxylic acids is 1. The Morgan fingerprint density at radius 2 is 2.00 bits per heavy atom. The van der Waals surface area contributed by atoms with Crippen LogP contribution in [0, 0.1) is 5.92 Å². The highest BCUT2D eigenvalue weighted by molar-refractivity contribution is 6.05. The van der Waals surface area contributed by atoms with Gasteiger partial charge in [-0.25, -0.2) is 4.98 Å². The molecule has 2 N–H and O–H groups in total. The van der Waals surface area contributed by atoms with E-state index in [2.05, 4.69) is 15.3 Å². The van der Waals surface area contributed by atoms with Gasteiger partial charge in [0.2, 0.25) is 5.88 Å². The fourth-order valence-corrected chi connectivity index (χ4v) is 3.58. The molecule has 1 amide bonds. The average Bonchev–Trinajstić information content (AvgIpc) is 2.69. The Balaban J connectivity index is 1.63. The van der Waals surface area contributed by atoms with E-state index in [9.17, 15) is 9.90 Å². The van der Waals surface area contributed by atoms with Crippen molar-refractivity contribution in [3.8, 4) is 5.88 Å². The van der Waals surface area contributed by atoms with Gasteiger partial charge < -0.3 is 15.2 Å². The number of ether oxygens (including phenoxy) is 1. The number of methoxy groups -OCH3 is 1. The molecule has 3 aromatic rings. The summed E-state index contributed by atoms with van der Waals surface area (Å²) in [4.78, 5) is 21.6. The number of carbonyl (C=O) groups is 1. The lowest BCUT2D eigenvalue weighted by Crippen LogP contribution is -2.41. The molecule has 0 unspecified atom stereocenters. The number of aliphatic hydroxyl groups is 1. The number of nitrogens with zero attached hydrogens (tertiary/aromatic N) is 2. The van der Waals surface area contributed by atoms with Crippen molar-refractivity contribution >= 4 is 16.7 Å². The molecule has 1 aliphatic carbocycles. The topological polar surface area (TPSA) is 84.3 Å². The number of hydrogen-bond acceptors (Lipinski definition) is 5. The largest absolute Gasteiger partial charge is 0.481 e. The maximum absolute atomic E-state index is 13.0. The molecule has 2 aromatic heterocycles. The van der Waals surface area contributed by atoms with Crippen LogP contribution in [0.4, 0.5) is 0 Å². The van der Waals surface area contributed by atoms with Gasteiger partial charge in [0, 0.05) is 23.8 Å². The molecule has 27 heavy (non-hydrogen) atoms. The minimum Gasteiger partial charge on any atom is -0.481 e. The Bertz CT molecular complexity index is 947. The molecular weight excluding hydrogens is 342 g/mol. The SMILES string of the molecule is COc1ccc([C@@H](NC(=O)c2nccc3ccccc23)C2CC(O)C2)cn1. The Morgan fingerprint density at radius 3 is 2.70 bits per heavy atom. The zero-order chi connectivity index (χ0) is 18.8. The van der Waals surface area contributed by atoms with Crippen molar-refractivity contribution in [2.45, 2.75) is 25.0 Å². The Hall–Kier alpha value is -2.99. The zero-order valence-corrected chi connectivity index (χ0v) is 15.0. The average molecular weight is 363 g/mol. The van der Waals surface area contributed by atoms with Gasteiger partial charge in [0.25, 0.3) is 5.91 Å². The van der Waals surface area contributed by atoms with E-state index >= 15 is 0 Å². The van der Waals surface area contributed by atoms with E-state index in [1.54, 1.807) is 25.6 Å². The van der Waals surface area contributed by atoms with Crippen molar-refractivity contribution in [3.05, 3.63) is 66.1 Å². The molecule has 0 saturated heterocycles. The van der Waals surface area contributed by atoms with E-state index in [1.807, 2.05) is 36.4 Å². The summed E-state index contributed by atoms with van der Waals surface area (Å²) in [6.45, 7) is 0. The molecule has 1 aliphatic rings. The minimum atomic E-state index is -0.309. The molecule has 0 bridgehead atoms. The van der Waals surface area contributed by atoms with E-state index in [0.717, 1.165) is 16.3 Å². The molecule has 1 aromatic carbocycles. The summed E-state index contributed by atoms with van der Waals surface area (Å²) >= 11 is 0. The van der Waals surface area contributed by atoms with Gasteiger partial charge in [-0.15, -0.1) is 0 Å². The first-order chi connectivity index (χ1) is 13.2. The summed E-state index contributed by atoms with van der Waals surface area (Å²) in [5.74, 6) is 0.455. The first kappa shape index (κ1) is 17.4. The fourth-order valence-electron chi connectivity index (χ4n) is 3.58. The lowest BCUT2D eigenvalue weighted by molar-refractivity contribution is 0.0234. The third-order valence-electron chi connectivity index (χ3n) is 5.12. The van der Waals surface area contributed by atoms with Crippen LogP contribution >= 0.6 is 0 Å². The van der Waals surface area contributed by atoms with E-state index in [-0.39, 0.29) is 24.0 Å². The van der Waals surface area contributed by atoms with Gasteiger partial charge in [0.05, 0.1) is 19.3 Å². The van der Waals surface area contributed by atoms with Crippen molar-refractivity contribution in [1.82, 2.24) is 15.3 Å². The second kappa shape index (κ2) is 7.32. The summed E-state index contributed by atoms with van der Waals surface area (Å²) < 4.78 is 5.12. The van der Waals surface area contributed by atoms with Crippen LogP contribution in [-0.4, -0.2) is 34.2 Å². The van der Waals surface area contributed by atoms with Crippen LogP contribution in [0.25, 0.3) is 10.8 Å². The molecule has 2 heterocycles. The Morgan fingerprint density at radius 1 is 1.19 bits per heavy atom. The number of hydrogen-bond donors (Lipinski definition) is 2. The smallest absolute Gasteiger partial charge is 0.271 e. The number of fused-ring (bicyclic) bond motifs is 1. The van der Waals surface area contributed by atoms with Gasteiger partial charge in [0.15, 0.2) is 0 Å². The predicted molar refractivity (Wildman–Crippen MR) is 101 cm³/mol. The standard InChI is InChI=1S/C21H21N3O3/c1-27-18-7-6-14(12-23-18)19(15-10-16(25)11-15)24-21(26)20-17-5-3-2-4-13(17)8-9-22-20/h2-9,12,15-16,19,25H,10-11H2,1H3,(H,24,26)/t15?,16?,19-/m1/s1. The molecule has 1 atom stereocenters. The van der Waals surface area contributed by atoms with Gasteiger partial charge in [-0.1, -0.05) is 30.3 Å². The molecule has 0 aliphatic heterocycles. The van der Waals surface area contributed by atoms with Crippen LogP contribution in [0.15, 0.2) is 54.9 Å². The van der Waals surface area contributed by atoms with E-state index in [0.29, 0.717) is 24.4 Å². The van der Waals surface area contributed by atoms with Crippen LogP contribution in [-0.2, 0) is 0 Å². The van der Waals surface area contributed by atoms with Crippen molar-refractivity contribution in [2.24, 2.45) is 5.92 Å². The number of benzene rings is 1. The molecule has 1 saturated carbocycles. The third kappa shape index (κ3) is 3.48. The first-order valence-electron chi connectivity index (χ1n) is 8.98. The van der Waals surface area contributed by atoms with Crippen LogP contribution in [0.5, 0.6) is 5.88 Å². The molecule has 6 nitrogen and oxygen atoms in total. The highest BCUT2D eigenvalue weighted by Gasteiger charge is 2.36. The molecule has 0 radical (unpaired) electrons. The lowest BCUT2D eigenvalue weighted by Gasteiger charge is -2.38. The van der Waals surface area contributed by atoms with Gasteiger partial charge in [-0.2, -0.15) is 0 Å². The summed E-state index contributed by atoms with van der Waals surface area (Å²) in [7, 11) is 1.57. The zero-order valence-electron chi connectivity index (χ0n) is 15.0. The highest BCUT2D eigenvalue weighted by Crippen LogP contribution is 2.38. The quantitative estimate of drug-likeness (QED) is 0.728. The van der Waals surface area contributed by atoms with Crippen LogP contribution < -0.4 is 10.1 Å². The molecule has 1 fully saturated rings. The van der Waals surface area contributed by atoms with Gasteiger partial charge in [0.1, 0.15) is 5.69 Å². The number of aliphatic hydroxyl groups excluding tert-OH is 1. The van der Waals surface area contributed by atoms with Gasteiger partial charge >= 0.3 is 0 Å². The Kier molecular flexibility index (Phi) is 4.73. The summed E-state index contributed by atoms with van der Waals surface area (Å²) in [5, 5.41) is 14.6. The number of rotatable bonds is 5. The van der Waals surface area contributed by atoms with Crippen molar-refractivity contribution < 1.29 is 14.6 Å². The third-order valence-corrected chi connectivity index (χ3v) is 5.12. The maximum atomic E-state index is 13.0. The van der Waals surface area contributed by atoms with Crippen molar-refractivity contribution in [2.75, 3.05) is 7.11 Å². The van der Waals surface area contributed by atoms with E-state index < -0.39 is 0 Å². The minimum absolute atomic E-state index is 0.161. The second-order valence-electron chi connectivity index (χ2n) is 6.85. The van der Waals surface area contributed by atoms with Gasteiger partial charge in [-0.3, -0.25) is 9.78 Å². The number of pyridine rings is 2. The Labute approximate surface area is 157 Å². The predicted octanol–water partition coefficient (Wildman–Crippen LogP) is 2.88. The van der Waals surface area contributed by atoms with E-state index in [4.69, 9.17) is 4.74 Å². The number of aromatic nitrogens is 2. The fraction of sp³-hybridized carbons (Fsp3) is 0.286. The number of amides is 1. The summed E-state index contributed by atoms with van der Waals surface area (Å²) in [6, 6.07) is 13.0. The first-order valence-corrected chi connectivity index (χ1v) is 8.98. The summed E-state index contributed by atoms with van der Waals surface area (Å²) in [6.07, 6.45) is 4.36. The van der Waals surface area contributed by atoms with Crippen molar-refractivity contribution in [3.63, 3.8) is 0 Å².